The third-order valence-corrected chi connectivity index (χ3v) is 6.65. The summed E-state index contributed by atoms with van der Waals surface area (Å²) in [4.78, 5) is 27.7. The normalized spacial score (nSPS) is 20.5. The zero-order valence-electron chi connectivity index (χ0n) is 16.1. The van der Waals surface area contributed by atoms with E-state index in [1.165, 1.54) is 38.2 Å². The average molecular weight is 399 g/mol. The summed E-state index contributed by atoms with van der Waals surface area (Å²) in [6, 6.07) is 11.0. The second-order valence-corrected chi connectivity index (χ2v) is 8.49. The number of rotatable bonds is 4. The van der Waals surface area contributed by atoms with Crippen molar-refractivity contribution >= 4 is 17.5 Å². The summed E-state index contributed by atoms with van der Waals surface area (Å²) in [6.07, 6.45) is 10.2. The monoisotopic (exact) mass is 398 g/mol. The lowest BCUT2D eigenvalue weighted by molar-refractivity contribution is 0.0660. The summed E-state index contributed by atoms with van der Waals surface area (Å²) in [7, 11) is 0. The Kier molecular flexibility index (Phi) is 5.86. The van der Waals surface area contributed by atoms with Crippen molar-refractivity contribution in [3.05, 3.63) is 69.1 Å². The van der Waals surface area contributed by atoms with Gasteiger partial charge in [-0.25, -0.2) is 0 Å². The number of hydrogen-bond donors (Lipinski definition) is 0. The molecule has 1 saturated carbocycles. The highest BCUT2D eigenvalue weighted by Gasteiger charge is 2.35. The highest BCUT2D eigenvalue weighted by molar-refractivity contribution is 6.31. The van der Waals surface area contributed by atoms with Crippen LogP contribution in [-0.2, 0) is 6.54 Å². The second-order valence-electron chi connectivity index (χ2n) is 8.08. The molecule has 4 rings (SSSR count). The van der Waals surface area contributed by atoms with Crippen LogP contribution in [0.2, 0.25) is 5.02 Å². The first kappa shape index (κ1) is 19.3. The van der Waals surface area contributed by atoms with Gasteiger partial charge >= 0.3 is 0 Å². The molecule has 1 unspecified atom stereocenters. The zero-order valence-corrected chi connectivity index (χ0v) is 16.9. The SMILES string of the molecule is O=C(c1ccc(=O)n(Cc2ccccc2Cl)c1)N1CCCC1C1CCCCC1. The van der Waals surface area contributed by atoms with E-state index in [-0.39, 0.29) is 11.5 Å². The molecule has 148 valence electrons. The smallest absolute Gasteiger partial charge is 0.255 e. The van der Waals surface area contributed by atoms with E-state index in [2.05, 4.69) is 4.90 Å². The van der Waals surface area contributed by atoms with Crippen molar-refractivity contribution in [2.45, 2.75) is 57.5 Å². The van der Waals surface area contributed by atoms with Crippen molar-refractivity contribution in [2.75, 3.05) is 6.54 Å². The van der Waals surface area contributed by atoms with Gasteiger partial charge in [0.2, 0.25) is 0 Å². The molecule has 4 nitrogen and oxygen atoms in total. The van der Waals surface area contributed by atoms with E-state index in [0.29, 0.717) is 29.1 Å². The molecule has 1 aromatic carbocycles. The Bertz CT molecular complexity index is 901. The van der Waals surface area contributed by atoms with Crippen LogP contribution in [0, 0.1) is 5.92 Å². The largest absolute Gasteiger partial charge is 0.335 e. The van der Waals surface area contributed by atoms with Gasteiger partial charge < -0.3 is 9.47 Å². The molecule has 0 radical (unpaired) electrons. The summed E-state index contributed by atoms with van der Waals surface area (Å²) in [6.45, 7) is 1.19. The van der Waals surface area contributed by atoms with Crippen LogP contribution in [0.3, 0.4) is 0 Å². The maximum absolute atomic E-state index is 13.3. The van der Waals surface area contributed by atoms with E-state index >= 15 is 0 Å². The maximum atomic E-state index is 13.3. The molecule has 28 heavy (non-hydrogen) atoms. The van der Waals surface area contributed by atoms with Gasteiger partial charge in [0.25, 0.3) is 11.5 Å². The Morgan fingerprint density at radius 2 is 1.79 bits per heavy atom. The van der Waals surface area contributed by atoms with Crippen molar-refractivity contribution in [3.8, 4) is 0 Å². The van der Waals surface area contributed by atoms with Crippen molar-refractivity contribution in [2.24, 2.45) is 5.92 Å². The molecule has 1 aromatic heterocycles. The van der Waals surface area contributed by atoms with Crippen molar-refractivity contribution in [1.29, 1.82) is 0 Å². The van der Waals surface area contributed by atoms with E-state index in [1.807, 2.05) is 24.3 Å². The highest BCUT2D eigenvalue weighted by atomic mass is 35.5. The number of carbonyl (C=O) groups is 1. The van der Waals surface area contributed by atoms with E-state index in [4.69, 9.17) is 11.6 Å². The average Bonchev–Trinajstić information content (AvgIpc) is 3.21. The molecule has 1 aliphatic heterocycles. The lowest BCUT2D eigenvalue weighted by Crippen LogP contribution is -2.41. The fourth-order valence-electron chi connectivity index (χ4n) is 4.81. The Balaban J connectivity index is 1.56. The van der Waals surface area contributed by atoms with Crippen LogP contribution in [-0.4, -0.2) is 28.0 Å². The standard InChI is InChI=1S/C23H27ClN2O2/c24-20-10-5-4-9-18(20)15-25-16-19(12-13-22(25)27)23(28)26-14-6-11-21(26)17-7-2-1-3-8-17/h4-5,9-10,12-13,16-17,21H,1-3,6-8,11,14-15H2. The van der Waals surface area contributed by atoms with Gasteiger partial charge in [-0.1, -0.05) is 49.1 Å². The van der Waals surface area contributed by atoms with Crippen LogP contribution in [0.25, 0.3) is 0 Å². The Morgan fingerprint density at radius 3 is 2.57 bits per heavy atom. The molecule has 5 heteroatoms. The quantitative estimate of drug-likeness (QED) is 0.746. The van der Waals surface area contributed by atoms with Crippen molar-refractivity contribution in [1.82, 2.24) is 9.47 Å². The minimum absolute atomic E-state index is 0.0565. The number of carbonyl (C=O) groups excluding carboxylic acids is 1. The number of aromatic nitrogens is 1. The highest BCUT2D eigenvalue weighted by Crippen LogP contribution is 2.35. The molecule has 1 aliphatic carbocycles. The number of halogens is 1. The molecular weight excluding hydrogens is 372 g/mol. The number of nitrogens with zero attached hydrogens (tertiary/aromatic N) is 2. The fourth-order valence-corrected chi connectivity index (χ4v) is 5.01. The lowest BCUT2D eigenvalue weighted by Gasteiger charge is -2.34. The molecule has 0 bridgehead atoms. The third kappa shape index (κ3) is 4.02. The van der Waals surface area contributed by atoms with Gasteiger partial charge in [0.1, 0.15) is 0 Å². The first-order chi connectivity index (χ1) is 13.6. The molecule has 1 atom stereocenters. The number of pyridine rings is 1. The molecular formula is C23H27ClN2O2. The van der Waals surface area contributed by atoms with Crippen molar-refractivity contribution in [3.63, 3.8) is 0 Å². The number of likely N-dealkylation sites (tertiary alicyclic amines) is 1. The summed E-state index contributed by atoms with van der Waals surface area (Å²) >= 11 is 6.25. The maximum Gasteiger partial charge on any atom is 0.255 e. The summed E-state index contributed by atoms with van der Waals surface area (Å²) in [5, 5.41) is 0.628. The summed E-state index contributed by atoms with van der Waals surface area (Å²) in [5.41, 5.74) is 1.34. The number of benzene rings is 1. The Morgan fingerprint density at radius 1 is 1.00 bits per heavy atom. The Labute approximate surface area is 171 Å². The van der Waals surface area contributed by atoms with Crippen LogP contribution in [0.15, 0.2) is 47.4 Å². The van der Waals surface area contributed by atoms with E-state index < -0.39 is 0 Å². The molecule has 2 aliphatic rings. The van der Waals surface area contributed by atoms with Gasteiger partial charge in [0, 0.05) is 29.9 Å². The summed E-state index contributed by atoms with van der Waals surface area (Å²) < 4.78 is 1.58. The molecule has 2 aromatic rings. The van der Waals surface area contributed by atoms with Gasteiger partial charge in [-0.15, -0.1) is 0 Å². The second kappa shape index (κ2) is 8.52. The number of hydrogen-bond acceptors (Lipinski definition) is 2. The first-order valence-corrected chi connectivity index (χ1v) is 10.8. The third-order valence-electron chi connectivity index (χ3n) is 6.28. The van der Waals surface area contributed by atoms with Crippen molar-refractivity contribution < 1.29 is 4.79 Å². The zero-order chi connectivity index (χ0) is 19.5. The summed E-state index contributed by atoms with van der Waals surface area (Å²) in [5.74, 6) is 0.690. The molecule has 0 N–H and O–H groups in total. The fraction of sp³-hybridized carbons (Fsp3) is 0.478. The molecule has 2 fully saturated rings. The van der Waals surface area contributed by atoms with E-state index in [1.54, 1.807) is 16.8 Å². The predicted molar refractivity (Wildman–Crippen MR) is 112 cm³/mol. The molecule has 0 spiro atoms. The van der Waals surface area contributed by atoms with E-state index in [0.717, 1.165) is 24.9 Å². The minimum atomic E-state index is -0.123. The van der Waals surface area contributed by atoms with Gasteiger partial charge in [-0.2, -0.15) is 0 Å². The first-order valence-electron chi connectivity index (χ1n) is 10.4. The molecule has 2 heterocycles. The van der Waals surface area contributed by atoms with Crippen LogP contribution in [0.5, 0.6) is 0 Å². The predicted octanol–water partition coefficient (Wildman–Crippen LogP) is 4.73. The molecule has 1 amide bonds. The van der Waals surface area contributed by atoms with Crippen LogP contribution in [0.1, 0.15) is 60.9 Å². The number of amides is 1. The van der Waals surface area contributed by atoms with Crippen LogP contribution < -0.4 is 5.56 Å². The van der Waals surface area contributed by atoms with E-state index in [9.17, 15) is 9.59 Å². The Hall–Kier alpha value is -2.07. The molecule has 1 saturated heterocycles. The topological polar surface area (TPSA) is 42.3 Å². The van der Waals surface area contributed by atoms with Crippen LogP contribution >= 0.6 is 11.6 Å². The van der Waals surface area contributed by atoms with Gasteiger partial charge in [-0.05, 0) is 49.3 Å². The van der Waals surface area contributed by atoms with Crippen LogP contribution in [0.4, 0.5) is 0 Å². The minimum Gasteiger partial charge on any atom is -0.335 e. The van der Waals surface area contributed by atoms with Gasteiger partial charge in [0.05, 0.1) is 12.1 Å². The lowest BCUT2D eigenvalue weighted by atomic mass is 9.83. The van der Waals surface area contributed by atoms with Gasteiger partial charge in [0.15, 0.2) is 0 Å². The van der Waals surface area contributed by atoms with Gasteiger partial charge in [-0.3, -0.25) is 9.59 Å².